The van der Waals surface area contributed by atoms with E-state index >= 15 is 0 Å². The Balaban J connectivity index is 1.59. The van der Waals surface area contributed by atoms with Crippen LogP contribution < -0.4 is 0 Å². The number of hydrogen-bond acceptors (Lipinski definition) is 2. The Morgan fingerprint density at radius 3 is 2.48 bits per heavy atom. The molecule has 124 valence electrons. The number of halogens is 1. The molecule has 0 atom stereocenters. The fourth-order valence-corrected chi connectivity index (χ4v) is 2.73. The van der Waals surface area contributed by atoms with Crippen LogP contribution in [0.5, 0.6) is 0 Å². The number of ketones is 1. The average molecular weight is 348 g/mol. The first kappa shape index (κ1) is 17.1. The van der Waals surface area contributed by atoms with E-state index in [2.05, 4.69) is 23.2 Å². The van der Waals surface area contributed by atoms with Gasteiger partial charge in [-0.15, -0.1) is 0 Å². The van der Waals surface area contributed by atoms with Gasteiger partial charge in [0.05, 0.1) is 0 Å². The molecule has 0 saturated heterocycles. The molecule has 25 heavy (non-hydrogen) atoms. The number of pyridine rings is 1. The number of carbonyl (C=O) groups is 1. The van der Waals surface area contributed by atoms with Crippen LogP contribution >= 0.6 is 11.6 Å². The number of aryl methyl sites for hydroxylation is 2. The van der Waals surface area contributed by atoms with Gasteiger partial charge in [-0.1, -0.05) is 60.1 Å². The molecule has 2 aromatic carbocycles. The van der Waals surface area contributed by atoms with Crippen molar-refractivity contribution < 1.29 is 4.79 Å². The number of allylic oxidation sites excluding steroid dienone is 1. The lowest BCUT2D eigenvalue weighted by molar-refractivity contribution is 0.104. The Morgan fingerprint density at radius 1 is 0.960 bits per heavy atom. The van der Waals surface area contributed by atoms with Crippen LogP contribution in [-0.2, 0) is 12.8 Å². The van der Waals surface area contributed by atoms with Gasteiger partial charge in [-0.05, 0) is 53.8 Å². The molecule has 0 amide bonds. The Hall–Kier alpha value is -2.71. The fraction of sp³-hybridized carbons (Fsp3) is 0.0909. The van der Waals surface area contributed by atoms with Crippen LogP contribution in [0.3, 0.4) is 0 Å². The minimum atomic E-state index is -0.0526. The fourth-order valence-electron chi connectivity index (χ4n) is 2.54. The standard InChI is InChI=1S/C22H18ClNO/c23-21-5-1-4-20(15-21)22(25)13-12-18-8-6-17(7-9-18)10-11-19-3-2-14-24-16-19/h1-9,12-16H,10-11H2. The van der Waals surface area contributed by atoms with E-state index in [1.807, 2.05) is 30.5 Å². The lowest BCUT2D eigenvalue weighted by Gasteiger charge is -2.02. The van der Waals surface area contributed by atoms with Crippen molar-refractivity contribution in [1.82, 2.24) is 4.98 Å². The summed E-state index contributed by atoms with van der Waals surface area (Å²) >= 11 is 5.92. The largest absolute Gasteiger partial charge is 0.289 e. The second kappa shape index (κ2) is 8.41. The number of aromatic nitrogens is 1. The van der Waals surface area contributed by atoms with Gasteiger partial charge in [-0.2, -0.15) is 0 Å². The maximum atomic E-state index is 12.1. The molecular weight excluding hydrogens is 330 g/mol. The molecule has 0 spiro atoms. The molecule has 0 N–H and O–H groups in total. The summed E-state index contributed by atoms with van der Waals surface area (Å²) in [5.74, 6) is -0.0526. The summed E-state index contributed by atoms with van der Waals surface area (Å²) in [5.41, 5.74) is 4.10. The van der Waals surface area contributed by atoms with Crippen LogP contribution in [0, 0.1) is 0 Å². The molecule has 0 radical (unpaired) electrons. The van der Waals surface area contributed by atoms with Gasteiger partial charge in [-0.3, -0.25) is 9.78 Å². The number of rotatable bonds is 6. The van der Waals surface area contributed by atoms with Gasteiger partial charge in [-0.25, -0.2) is 0 Å². The first-order valence-electron chi connectivity index (χ1n) is 8.16. The zero-order valence-electron chi connectivity index (χ0n) is 13.7. The summed E-state index contributed by atoms with van der Waals surface area (Å²) in [6.45, 7) is 0. The van der Waals surface area contributed by atoms with Crippen LogP contribution in [0.4, 0.5) is 0 Å². The van der Waals surface area contributed by atoms with E-state index < -0.39 is 0 Å². The van der Waals surface area contributed by atoms with E-state index in [0.717, 1.165) is 18.4 Å². The maximum Gasteiger partial charge on any atom is 0.185 e. The van der Waals surface area contributed by atoms with Crippen molar-refractivity contribution in [1.29, 1.82) is 0 Å². The maximum absolute atomic E-state index is 12.1. The van der Waals surface area contributed by atoms with Gasteiger partial charge in [0.15, 0.2) is 5.78 Å². The van der Waals surface area contributed by atoms with Crippen molar-refractivity contribution in [3.63, 3.8) is 0 Å². The molecule has 3 rings (SSSR count). The van der Waals surface area contributed by atoms with Crippen molar-refractivity contribution >= 4 is 23.5 Å². The van der Waals surface area contributed by atoms with Gasteiger partial charge in [0.25, 0.3) is 0 Å². The van der Waals surface area contributed by atoms with Crippen molar-refractivity contribution in [2.24, 2.45) is 0 Å². The summed E-state index contributed by atoms with van der Waals surface area (Å²) < 4.78 is 0. The molecule has 1 aromatic heterocycles. The lowest BCUT2D eigenvalue weighted by atomic mass is 10.0. The second-order valence-electron chi connectivity index (χ2n) is 5.81. The van der Waals surface area contributed by atoms with E-state index in [1.54, 1.807) is 36.5 Å². The smallest absolute Gasteiger partial charge is 0.185 e. The highest BCUT2D eigenvalue weighted by Crippen LogP contribution is 2.13. The minimum Gasteiger partial charge on any atom is -0.289 e. The average Bonchev–Trinajstić information content (AvgIpc) is 2.66. The molecule has 3 heteroatoms. The molecule has 0 fully saturated rings. The van der Waals surface area contributed by atoms with Crippen LogP contribution in [0.15, 0.2) is 79.1 Å². The molecule has 3 aromatic rings. The Kier molecular flexibility index (Phi) is 5.76. The first-order valence-corrected chi connectivity index (χ1v) is 8.54. The molecule has 0 bridgehead atoms. The zero-order valence-corrected chi connectivity index (χ0v) is 14.5. The van der Waals surface area contributed by atoms with Gasteiger partial charge in [0.1, 0.15) is 0 Å². The molecule has 0 aliphatic carbocycles. The van der Waals surface area contributed by atoms with Gasteiger partial charge in [0, 0.05) is 23.0 Å². The van der Waals surface area contributed by atoms with Crippen LogP contribution in [0.1, 0.15) is 27.0 Å². The molecule has 2 nitrogen and oxygen atoms in total. The highest BCUT2D eigenvalue weighted by atomic mass is 35.5. The van der Waals surface area contributed by atoms with Crippen LogP contribution in [-0.4, -0.2) is 10.8 Å². The predicted molar refractivity (Wildman–Crippen MR) is 103 cm³/mol. The van der Waals surface area contributed by atoms with Crippen molar-refractivity contribution in [3.8, 4) is 0 Å². The number of nitrogens with zero attached hydrogens (tertiary/aromatic N) is 1. The van der Waals surface area contributed by atoms with Crippen LogP contribution in [0.25, 0.3) is 6.08 Å². The normalized spacial score (nSPS) is 10.9. The second-order valence-corrected chi connectivity index (χ2v) is 6.25. The third kappa shape index (κ3) is 5.13. The molecule has 0 aliphatic heterocycles. The summed E-state index contributed by atoms with van der Waals surface area (Å²) in [4.78, 5) is 16.3. The van der Waals surface area contributed by atoms with Gasteiger partial charge in [0.2, 0.25) is 0 Å². The molecular formula is C22H18ClNO. The van der Waals surface area contributed by atoms with E-state index in [9.17, 15) is 4.79 Å². The summed E-state index contributed by atoms with van der Waals surface area (Å²) in [7, 11) is 0. The predicted octanol–water partition coefficient (Wildman–Crippen LogP) is 5.42. The highest BCUT2D eigenvalue weighted by molar-refractivity contribution is 6.31. The van der Waals surface area contributed by atoms with Crippen molar-refractivity contribution in [2.75, 3.05) is 0 Å². The SMILES string of the molecule is O=C(C=Cc1ccc(CCc2cccnc2)cc1)c1cccc(Cl)c1. The Morgan fingerprint density at radius 2 is 1.76 bits per heavy atom. The molecule has 0 saturated carbocycles. The van der Waals surface area contributed by atoms with Crippen molar-refractivity contribution in [2.45, 2.75) is 12.8 Å². The first-order chi connectivity index (χ1) is 12.2. The molecule has 0 aliphatic rings. The zero-order chi connectivity index (χ0) is 17.5. The van der Waals surface area contributed by atoms with E-state index in [-0.39, 0.29) is 5.78 Å². The number of benzene rings is 2. The third-order valence-corrected chi connectivity index (χ3v) is 4.18. The van der Waals surface area contributed by atoms with Crippen LogP contribution in [0.2, 0.25) is 5.02 Å². The summed E-state index contributed by atoms with van der Waals surface area (Å²) in [6, 6.07) is 19.3. The molecule has 0 unspecified atom stereocenters. The third-order valence-electron chi connectivity index (χ3n) is 3.94. The topological polar surface area (TPSA) is 30.0 Å². The lowest BCUT2D eigenvalue weighted by Crippen LogP contribution is -1.93. The summed E-state index contributed by atoms with van der Waals surface area (Å²) in [5, 5.41) is 0.567. The van der Waals surface area contributed by atoms with E-state index in [0.29, 0.717) is 10.6 Å². The van der Waals surface area contributed by atoms with E-state index in [4.69, 9.17) is 11.6 Å². The minimum absolute atomic E-state index is 0.0526. The summed E-state index contributed by atoms with van der Waals surface area (Å²) in [6.07, 6.45) is 9.03. The number of hydrogen-bond donors (Lipinski definition) is 0. The monoisotopic (exact) mass is 347 g/mol. The Labute approximate surface area is 152 Å². The Bertz CT molecular complexity index is 870. The quantitative estimate of drug-likeness (QED) is 0.440. The van der Waals surface area contributed by atoms with Gasteiger partial charge >= 0.3 is 0 Å². The highest BCUT2D eigenvalue weighted by Gasteiger charge is 2.02. The molecule has 1 heterocycles. The van der Waals surface area contributed by atoms with Gasteiger partial charge < -0.3 is 0 Å². The van der Waals surface area contributed by atoms with Crippen molar-refractivity contribution in [3.05, 3.63) is 106 Å². The van der Waals surface area contributed by atoms with E-state index in [1.165, 1.54) is 11.1 Å². The number of carbonyl (C=O) groups excluding carboxylic acids is 1.